The number of rotatable bonds is 10. The quantitative estimate of drug-likeness (QED) is 0.324. The van der Waals surface area contributed by atoms with E-state index in [9.17, 15) is 0 Å². The molecular weight excluding hydrogens is 436 g/mol. The number of hydrogen-bond acceptors (Lipinski definition) is 2. The van der Waals surface area contributed by atoms with Crippen LogP contribution in [0.2, 0.25) is 39.3 Å². The highest BCUT2D eigenvalue weighted by atomic mass is 28.3. The first kappa shape index (κ1) is 25.9. The van der Waals surface area contributed by atoms with E-state index in [1.54, 1.807) is 11.1 Å². The van der Waals surface area contributed by atoms with E-state index in [0.29, 0.717) is 13.2 Å². The van der Waals surface area contributed by atoms with E-state index < -0.39 is 16.1 Å². The molecule has 2 nitrogen and oxygen atoms in total. The van der Waals surface area contributed by atoms with Gasteiger partial charge in [0.15, 0.2) is 0 Å². The van der Waals surface area contributed by atoms with E-state index in [2.05, 4.69) is 111 Å². The minimum atomic E-state index is -1.34. The van der Waals surface area contributed by atoms with Gasteiger partial charge >= 0.3 is 0 Å². The molecule has 33 heavy (non-hydrogen) atoms. The summed E-state index contributed by atoms with van der Waals surface area (Å²) in [4.78, 5) is 0. The Kier molecular flexibility index (Phi) is 8.73. The molecule has 3 rings (SSSR count). The fraction of sp³-hybridized carbons (Fsp3) is 0.448. The number of ether oxygens (including phenoxy) is 2. The van der Waals surface area contributed by atoms with Crippen LogP contribution in [0.1, 0.15) is 24.0 Å². The second-order valence-corrected chi connectivity index (χ2v) is 21.9. The van der Waals surface area contributed by atoms with Crippen molar-refractivity contribution in [1.29, 1.82) is 0 Å². The van der Waals surface area contributed by atoms with Crippen molar-refractivity contribution in [3.63, 3.8) is 0 Å². The summed E-state index contributed by atoms with van der Waals surface area (Å²) in [5.74, 6) is 0. The maximum atomic E-state index is 6.35. The van der Waals surface area contributed by atoms with Crippen molar-refractivity contribution in [2.45, 2.75) is 65.3 Å². The Hall–Kier alpha value is -1.73. The zero-order valence-electron chi connectivity index (χ0n) is 21.5. The van der Waals surface area contributed by atoms with Crippen LogP contribution in [-0.4, -0.2) is 29.4 Å². The minimum absolute atomic E-state index is 0.000523. The molecule has 0 amide bonds. The average Bonchev–Trinajstić information content (AvgIpc) is 3.03. The third-order valence-electron chi connectivity index (χ3n) is 5.80. The fourth-order valence-electron chi connectivity index (χ4n) is 4.60. The molecule has 0 unspecified atom stereocenters. The Morgan fingerprint density at radius 2 is 1.00 bits per heavy atom. The Morgan fingerprint density at radius 1 is 0.636 bits per heavy atom. The highest BCUT2D eigenvalue weighted by Crippen LogP contribution is 2.47. The largest absolute Gasteiger partial charge is 0.376 e. The molecule has 2 aromatic carbocycles. The summed E-state index contributed by atoms with van der Waals surface area (Å²) < 4.78 is 12.7. The van der Waals surface area contributed by atoms with Gasteiger partial charge in [-0.2, -0.15) is 0 Å². The summed E-state index contributed by atoms with van der Waals surface area (Å²) in [5, 5.41) is 0. The van der Waals surface area contributed by atoms with Crippen molar-refractivity contribution in [1.82, 2.24) is 0 Å². The molecule has 0 spiro atoms. The van der Waals surface area contributed by atoms with Crippen molar-refractivity contribution >= 4 is 16.1 Å². The van der Waals surface area contributed by atoms with E-state index in [1.807, 2.05) is 0 Å². The lowest BCUT2D eigenvalue weighted by atomic mass is 9.87. The maximum absolute atomic E-state index is 6.35. The molecule has 1 fully saturated rings. The minimum Gasteiger partial charge on any atom is -0.376 e. The summed E-state index contributed by atoms with van der Waals surface area (Å²) in [7, 11) is -2.68. The van der Waals surface area contributed by atoms with Crippen molar-refractivity contribution in [2.75, 3.05) is 13.2 Å². The standard InChI is InChI=1S/C29H42O2Si2/c1-32(2,3)21-27-17-29(18-28(27)22-33(4,5)6,23-30-19-25-13-9-7-10-14-25)24-31-20-26-15-11-8-12-16-26/h7-16,21-22H,17-20,23-24H2,1-6H3. The summed E-state index contributed by atoms with van der Waals surface area (Å²) >= 11 is 0. The van der Waals surface area contributed by atoms with Crippen LogP contribution in [0.5, 0.6) is 0 Å². The first-order valence-corrected chi connectivity index (χ1v) is 19.4. The summed E-state index contributed by atoms with van der Waals surface area (Å²) in [5.41, 5.74) is 10.8. The highest BCUT2D eigenvalue weighted by molar-refractivity contribution is 6.82. The van der Waals surface area contributed by atoms with Crippen molar-refractivity contribution in [3.05, 3.63) is 94.3 Å². The first-order valence-electron chi connectivity index (χ1n) is 12.2. The van der Waals surface area contributed by atoms with Gasteiger partial charge < -0.3 is 9.47 Å². The maximum Gasteiger partial charge on any atom is 0.0717 e. The van der Waals surface area contributed by atoms with Crippen molar-refractivity contribution in [3.8, 4) is 0 Å². The van der Waals surface area contributed by atoms with Gasteiger partial charge in [-0.1, -0.05) is 122 Å². The SMILES string of the molecule is C[Si](C)(C)C=C1CC(COCc2ccccc2)(COCc2ccccc2)CC1=C[Si](C)(C)C. The Bertz CT molecular complexity index is 856. The van der Waals surface area contributed by atoms with Gasteiger partial charge in [0, 0.05) is 5.41 Å². The van der Waals surface area contributed by atoms with Gasteiger partial charge in [0.2, 0.25) is 0 Å². The van der Waals surface area contributed by atoms with Gasteiger partial charge in [0.1, 0.15) is 0 Å². The van der Waals surface area contributed by atoms with Crippen molar-refractivity contribution in [2.24, 2.45) is 5.41 Å². The van der Waals surface area contributed by atoms with Gasteiger partial charge in [0.25, 0.3) is 0 Å². The van der Waals surface area contributed by atoms with Gasteiger partial charge in [-0.05, 0) is 24.0 Å². The molecule has 178 valence electrons. The fourth-order valence-corrected chi connectivity index (χ4v) is 7.26. The topological polar surface area (TPSA) is 18.5 Å². The van der Waals surface area contributed by atoms with E-state index in [4.69, 9.17) is 9.47 Å². The predicted octanol–water partition coefficient (Wildman–Crippen LogP) is 7.81. The lowest BCUT2D eigenvalue weighted by molar-refractivity contribution is -0.0262. The van der Waals surface area contributed by atoms with Crippen LogP contribution in [0.15, 0.2) is 83.2 Å². The second kappa shape index (κ2) is 11.1. The van der Waals surface area contributed by atoms with E-state index in [1.165, 1.54) is 11.1 Å². The second-order valence-electron chi connectivity index (χ2n) is 11.9. The van der Waals surface area contributed by atoms with Gasteiger partial charge in [-0.25, -0.2) is 0 Å². The van der Waals surface area contributed by atoms with Crippen LogP contribution in [0.25, 0.3) is 0 Å². The predicted molar refractivity (Wildman–Crippen MR) is 147 cm³/mol. The Labute approximate surface area is 203 Å². The Balaban J connectivity index is 1.81. The summed E-state index contributed by atoms with van der Waals surface area (Å²) in [6.07, 6.45) is 2.11. The van der Waals surface area contributed by atoms with Gasteiger partial charge in [-0.15, -0.1) is 0 Å². The van der Waals surface area contributed by atoms with Crippen LogP contribution < -0.4 is 0 Å². The molecule has 1 saturated carbocycles. The van der Waals surface area contributed by atoms with Crippen molar-refractivity contribution < 1.29 is 9.47 Å². The van der Waals surface area contributed by atoms with Gasteiger partial charge in [-0.3, -0.25) is 0 Å². The van der Waals surface area contributed by atoms with E-state index >= 15 is 0 Å². The van der Waals surface area contributed by atoms with Gasteiger partial charge in [0.05, 0.1) is 42.6 Å². The smallest absolute Gasteiger partial charge is 0.0717 e. The zero-order valence-corrected chi connectivity index (χ0v) is 23.5. The third-order valence-corrected chi connectivity index (χ3v) is 8.23. The number of benzene rings is 2. The monoisotopic (exact) mass is 478 g/mol. The molecule has 0 radical (unpaired) electrons. The molecule has 1 aliphatic carbocycles. The molecule has 4 heteroatoms. The van der Waals surface area contributed by atoms with E-state index in [-0.39, 0.29) is 5.41 Å². The molecule has 0 heterocycles. The van der Waals surface area contributed by atoms with E-state index in [0.717, 1.165) is 26.1 Å². The van der Waals surface area contributed by atoms with Crippen LogP contribution in [0.4, 0.5) is 0 Å². The Morgan fingerprint density at radius 3 is 1.33 bits per heavy atom. The average molecular weight is 479 g/mol. The molecule has 0 aliphatic heterocycles. The summed E-state index contributed by atoms with van der Waals surface area (Å²) in [6.45, 7) is 17.4. The molecule has 1 aliphatic rings. The molecule has 0 N–H and O–H groups in total. The number of hydrogen-bond donors (Lipinski definition) is 0. The van der Waals surface area contributed by atoms with Crippen LogP contribution in [-0.2, 0) is 22.7 Å². The molecule has 0 saturated heterocycles. The zero-order chi connectivity index (χ0) is 24.0. The molecular formula is C29H42O2Si2. The lowest BCUT2D eigenvalue weighted by Gasteiger charge is -2.28. The molecule has 0 aromatic heterocycles. The van der Waals surface area contributed by atoms with Crippen LogP contribution >= 0.6 is 0 Å². The molecule has 0 atom stereocenters. The van der Waals surface area contributed by atoms with Crippen LogP contribution in [0.3, 0.4) is 0 Å². The number of allylic oxidation sites excluding steroid dienone is 2. The third kappa shape index (κ3) is 8.86. The summed E-state index contributed by atoms with van der Waals surface area (Å²) in [6, 6.07) is 21.0. The normalized spacial score (nSPS) is 18.8. The lowest BCUT2D eigenvalue weighted by Crippen LogP contribution is -2.30. The van der Waals surface area contributed by atoms with Crippen LogP contribution in [0, 0.1) is 5.41 Å². The molecule has 2 aromatic rings. The first-order chi connectivity index (χ1) is 15.5. The molecule has 0 bridgehead atoms. The highest BCUT2D eigenvalue weighted by Gasteiger charge is 2.41.